The molecule has 4 nitrogen and oxygen atoms in total. The Bertz CT molecular complexity index is 529. The topological polar surface area (TPSA) is 62.1 Å². The Morgan fingerprint density at radius 3 is 2.72 bits per heavy atom. The van der Waals surface area contributed by atoms with Gasteiger partial charge < -0.3 is 10.1 Å². The first-order valence-electron chi connectivity index (χ1n) is 5.87. The lowest BCUT2D eigenvalue weighted by atomic mass is 10.1. The molecule has 94 valence electrons. The highest BCUT2D eigenvalue weighted by molar-refractivity contribution is 5.97. The number of methoxy groups -OCH3 is 1. The van der Waals surface area contributed by atoms with E-state index in [1.165, 1.54) is 7.11 Å². The highest BCUT2D eigenvalue weighted by atomic mass is 16.5. The number of rotatable bonds is 3. The van der Waals surface area contributed by atoms with Crippen LogP contribution in [0.15, 0.2) is 18.2 Å². The third-order valence-electron chi connectivity index (χ3n) is 3.44. The van der Waals surface area contributed by atoms with E-state index in [1.54, 1.807) is 18.2 Å². The van der Waals surface area contributed by atoms with Gasteiger partial charge in [-0.1, -0.05) is 19.9 Å². The first-order valence-corrected chi connectivity index (χ1v) is 5.87. The van der Waals surface area contributed by atoms with E-state index in [-0.39, 0.29) is 17.2 Å². The van der Waals surface area contributed by atoms with Crippen molar-refractivity contribution in [3.8, 4) is 11.8 Å². The average Bonchev–Trinajstić information content (AvgIpc) is 2.98. The molecular weight excluding hydrogens is 228 g/mol. The van der Waals surface area contributed by atoms with Crippen LogP contribution in [0.3, 0.4) is 0 Å². The van der Waals surface area contributed by atoms with Crippen LogP contribution in [-0.4, -0.2) is 13.0 Å². The SMILES string of the molecule is COc1cccc(C#N)c1NC(=O)C1CC1(C)C. The van der Waals surface area contributed by atoms with Gasteiger partial charge in [-0.25, -0.2) is 0 Å². The molecule has 0 aromatic heterocycles. The van der Waals surface area contributed by atoms with E-state index in [1.807, 2.05) is 0 Å². The molecule has 2 rings (SSSR count). The van der Waals surface area contributed by atoms with Crippen LogP contribution >= 0.6 is 0 Å². The molecule has 0 saturated heterocycles. The lowest BCUT2D eigenvalue weighted by Crippen LogP contribution is -2.17. The molecule has 1 unspecified atom stereocenters. The van der Waals surface area contributed by atoms with Crippen molar-refractivity contribution in [2.75, 3.05) is 12.4 Å². The van der Waals surface area contributed by atoms with Crippen LogP contribution in [0.5, 0.6) is 5.75 Å². The van der Waals surface area contributed by atoms with Crippen molar-refractivity contribution in [1.82, 2.24) is 0 Å². The van der Waals surface area contributed by atoms with Crippen molar-refractivity contribution in [3.05, 3.63) is 23.8 Å². The number of nitrogens with zero attached hydrogens (tertiary/aromatic N) is 1. The van der Waals surface area contributed by atoms with E-state index < -0.39 is 0 Å². The molecule has 1 atom stereocenters. The molecule has 1 aromatic carbocycles. The summed E-state index contributed by atoms with van der Waals surface area (Å²) in [6, 6.07) is 7.18. The Morgan fingerprint density at radius 2 is 2.22 bits per heavy atom. The number of para-hydroxylation sites is 1. The first kappa shape index (κ1) is 12.4. The zero-order chi connectivity index (χ0) is 13.3. The monoisotopic (exact) mass is 244 g/mol. The Kier molecular flexibility index (Phi) is 3.00. The van der Waals surface area contributed by atoms with Crippen LogP contribution in [0.4, 0.5) is 5.69 Å². The van der Waals surface area contributed by atoms with Gasteiger partial charge in [0.1, 0.15) is 17.5 Å². The normalized spacial score (nSPS) is 19.8. The molecule has 1 amide bonds. The zero-order valence-electron chi connectivity index (χ0n) is 10.8. The lowest BCUT2D eigenvalue weighted by molar-refractivity contribution is -0.118. The minimum absolute atomic E-state index is 0.0222. The van der Waals surface area contributed by atoms with Crippen LogP contribution in [0, 0.1) is 22.7 Å². The largest absolute Gasteiger partial charge is 0.495 e. The maximum absolute atomic E-state index is 12.1. The summed E-state index contributed by atoms with van der Waals surface area (Å²) in [5.41, 5.74) is 0.954. The van der Waals surface area contributed by atoms with Crippen LogP contribution in [-0.2, 0) is 4.79 Å². The summed E-state index contributed by atoms with van der Waals surface area (Å²) in [6.07, 6.45) is 0.885. The Morgan fingerprint density at radius 1 is 1.56 bits per heavy atom. The predicted octanol–water partition coefficient (Wildman–Crippen LogP) is 2.55. The highest BCUT2D eigenvalue weighted by Crippen LogP contribution is 2.52. The van der Waals surface area contributed by atoms with Crippen molar-refractivity contribution < 1.29 is 9.53 Å². The summed E-state index contributed by atoms with van der Waals surface area (Å²) in [5.74, 6) is 0.496. The minimum atomic E-state index is -0.0407. The molecule has 0 bridgehead atoms. The molecule has 1 N–H and O–H groups in total. The smallest absolute Gasteiger partial charge is 0.228 e. The maximum atomic E-state index is 12.1. The fourth-order valence-corrected chi connectivity index (χ4v) is 2.05. The molecule has 4 heteroatoms. The molecule has 0 radical (unpaired) electrons. The molecule has 1 fully saturated rings. The number of hydrogen-bond donors (Lipinski definition) is 1. The average molecular weight is 244 g/mol. The first-order chi connectivity index (χ1) is 8.49. The number of ether oxygens (including phenoxy) is 1. The van der Waals surface area contributed by atoms with Gasteiger partial charge in [0.25, 0.3) is 0 Å². The third kappa shape index (κ3) is 2.17. The van der Waals surface area contributed by atoms with E-state index in [0.717, 1.165) is 6.42 Å². The van der Waals surface area contributed by atoms with Crippen molar-refractivity contribution >= 4 is 11.6 Å². The van der Waals surface area contributed by atoms with Crippen LogP contribution in [0.1, 0.15) is 25.8 Å². The number of nitriles is 1. The van der Waals surface area contributed by atoms with E-state index in [4.69, 9.17) is 10.00 Å². The van der Waals surface area contributed by atoms with Crippen molar-refractivity contribution in [2.45, 2.75) is 20.3 Å². The molecule has 1 aromatic rings. The fraction of sp³-hybridized carbons (Fsp3) is 0.429. The fourth-order valence-electron chi connectivity index (χ4n) is 2.05. The van der Waals surface area contributed by atoms with E-state index in [2.05, 4.69) is 25.2 Å². The van der Waals surface area contributed by atoms with E-state index in [9.17, 15) is 4.79 Å². The summed E-state index contributed by atoms with van der Waals surface area (Å²) in [6.45, 7) is 4.12. The highest BCUT2D eigenvalue weighted by Gasteiger charge is 2.50. The lowest BCUT2D eigenvalue weighted by Gasteiger charge is -2.12. The van der Waals surface area contributed by atoms with Gasteiger partial charge in [0.15, 0.2) is 0 Å². The van der Waals surface area contributed by atoms with Gasteiger partial charge in [-0.2, -0.15) is 5.26 Å². The summed E-state index contributed by atoms with van der Waals surface area (Å²) in [4.78, 5) is 12.1. The summed E-state index contributed by atoms with van der Waals surface area (Å²) < 4.78 is 5.17. The number of benzene rings is 1. The molecule has 0 spiro atoms. The number of amides is 1. The Hall–Kier alpha value is -2.02. The number of nitrogens with one attached hydrogen (secondary N) is 1. The quantitative estimate of drug-likeness (QED) is 0.888. The van der Waals surface area contributed by atoms with Crippen LogP contribution in [0.25, 0.3) is 0 Å². The van der Waals surface area contributed by atoms with Crippen molar-refractivity contribution in [2.24, 2.45) is 11.3 Å². The standard InChI is InChI=1S/C14H16N2O2/c1-14(2)7-10(14)13(17)16-12-9(8-15)5-4-6-11(12)18-3/h4-6,10H,7H2,1-3H3,(H,16,17). The number of anilines is 1. The zero-order valence-corrected chi connectivity index (χ0v) is 10.8. The van der Waals surface area contributed by atoms with Gasteiger partial charge in [0.05, 0.1) is 12.7 Å². The third-order valence-corrected chi connectivity index (χ3v) is 3.44. The molecule has 18 heavy (non-hydrogen) atoms. The molecule has 0 heterocycles. The molecule has 1 aliphatic carbocycles. The number of carbonyl (C=O) groups excluding carboxylic acids is 1. The summed E-state index contributed by atoms with van der Waals surface area (Å²) in [7, 11) is 1.52. The number of carbonyl (C=O) groups is 1. The molecule has 0 aliphatic heterocycles. The van der Waals surface area contributed by atoms with Gasteiger partial charge in [-0.3, -0.25) is 4.79 Å². The predicted molar refractivity (Wildman–Crippen MR) is 68.2 cm³/mol. The summed E-state index contributed by atoms with van der Waals surface area (Å²) >= 11 is 0. The summed E-state index contributed by atoms with van der Waals surface area (Å²) in [5, 5.41) is 11.9. The second kappa shape index (κ2) is 4.34. The second-order valence-electron chi connectivity index (χ2n) is 5.23. The van der Waals surface area contributed by atoms with Gasteiger partial charge >= 0.3 is 0 Å². The Labute approximate surface area is 107 Å². The van der Waals surface area contributed by atoms with E-state index >= 15 is 0 Å². The second-order valence-corrected chi connectivity index (χ2v) is 5.23. The van der Waals surface area contributed by atoms with Gasteiger partial charge in [-0.15, -0.1) is 0 Å². The number of hydrogen-bond acceptors (Lipinski definition) is 3. The van der Waals surface area contributed by atoms with Gasteiger partial charge in [-0.05, 0) is 24.0 Å². The van der Waals surface area contributed by atoms with Crippen molar-refractivity contribution in [3.63, 3.8) is 0 Å². The van der Waals surface area contributed by atoms with Crippen LogP contribution < -0.4 is 10.1 Å². The minimum Gasteiger partial charge on any atom is -0.495 e. The molecular formula is C14H16N2O2. The van der Waals surface area contributed by atoms with Crippen molar-refractivity contribution in [1.29, 1.82) is 5.26 Å². The van der Waals surface area contributed by atoms with E-state index in [0.29, 0.717) is 17.0 Å². The van der Waals surface area contributed by atoms with Crippen LogP contribution in [0.2, 0.25) is 0 Å². The van der Waals surface area contributed by atoms with Gasteiger partial charge in [0, 0.05) is 5.92 Å². The molecule has 1 aliphatic rings. The Balaban J connectivity index is 2.24. The molecule has 1 saturated carbocycles. The maximum Gasteiger partial charge on any atom is 0.228 e. The van der Waals surface area contributed by atoms with Gasteiger partial charge in [0.2, 0.25) is 5.91 Å².